The molecule has 1 N–H and O–H groups in total. The van der Waals surface area contributed by atoms with Crippen molar-refractivity contribution in [3.63, 3.8) is 0 Å². The summed E-state index contributed by atoms with van der Waals surface area (Å²) in [5, 5.41) is 10.2. The Hall–Kier alpha value is -0.420. The van der Waals surface area contributed by atoms with E-state index in [9.17, 15) is 5.11 Å². The minimum Gasteiger partial charge on any atom is -0.390 e. The van der Waals surface area contributed by atoms with Crippen LogP contribution in [0, 0.1) is 5.92 Å². The zero-order valence-electron chi connectivity index (χ0n) is 12.9. The topological polar surface area (TPSA) is 54.5 Å². The summed E-state index contributed by atoms with van der Waals surface area (Å²) >= 11 is 0. The molecule has 0 bridgehead atoms. The summed E-state index contributed by atoms with van der Waals surface area (Å²) in [6.45, 7) is 7.13. The summed E-state index contributed by atoms with van der Waals surface area (Å²) in [5.74, 6) is 0.124. The minimum atomic E-state index is -0.412. The number of methoxy groups -OCH3 is 1. The Morgan fingerprint density at radius 3 is 2.70 bits per heavy atom. The molecule has 0 radical (unpaired) electrons. The van der Waals surface area contributed by atoms with Crippen molar-refractivity contribution in [2.75, 3.05) is 13.7 Å². The molecule has 3 rings (SSSR count). The standard InChI is InChI=1S/C16H26O4/c1-10(2)5-6-12-15(3,20-12)14-13(18-4)11(17)7-8-16(14)9-19-16/h5,11-14,17H,6-9H2,1-4H3/t11-,12+,13-,14-,15-,16+/m0/s1. The second kappa shape index (κ2) is 4.80. The number of hydrogen-bond donors (Lipinski definition) is 1. The molecular weight excluding hydrogens is 256 g/mol. The maximum atomic E-state index is 10.2. The fraction of sp³-hybridized carbons (Fsp3) is 0.875. The lowest BCUT2D eigenvalue weighted by atomic mass is 9.68. The highest BCUT2D eigenvalue weighted by molar-refractivity contribution is 5.20. The third kappa shape index (κ3) is 2.23. The van der Waals surface area contributed by atoms with E-state index in [0.717, 1.165) is 25.9 Å². The Balaban J connectivity index is 1.78. The zero-order valence-corrected chi connectivity index (χ0v) is 12.9. The molecule has 2 heterocycles. The number of hydrogen-bond acceptors (Lipinski definition) is 4. The van der Waals surface area contributed by atoms with E-state index in [-0.39, 0.29) is 29.3 Å². The van der Waals surface area contributed by atoms with Crippen LogP contribution in [-0.2, 0) is 14.2 Å². The minimum absolute atomic E-state index is 0.117. The molecular formula is C16H26O4. The summed E-state index contributed by atoms with van der Waals surface area (Å²) in [5.41, 5.74) is 0.964. The fourth-order valence-corrected chi connectivity index (χ4v) is 3.96. The van der Waals surface area contributed by atoms with Crippen molar-refractivity contribution in [2.24, 2.45) is 5.92 Å². The lowest BCUT2D eigenvalue weighted by molar-refractivity contribution is -0.116. The van der Waals surface area contributed by atoms with Gasteiger partial charge in [-0.2, -0.15) is 0 Å². The van der Waals surface area contributed by atoms with Crippen LogP contribution in [0.25, 0.3) is 0 Å². The number of epoxide rings is 2. The quantitative estimate of drug-likeness (QED) is 0.633. The molecule has 2 saturated heterocycles. The number of aliphatic hydroxyl groups excluding tert-OH is 1. The maximum absolute atomic E-state index is 10.2. The van der Waals surface area contributed by atoms with Gasteiger partial charge in [0.1, 0.15) is 5.60 Å². The molecule has 0 amide bonds. The van der Waals surface area contributed by atoms with Crippen LogP contribution < -0.4 is 0 Å². The predicted octanol–water partition coefficient (Wildman–Crippen LogP) is 2.06. The Morgan fingerprint density at radius 1 is 1.45 bits per heavy atom. The Bertz CT molecular complexity index is 411. The van der Waals surface area contributed by atoms with Crippen LogP contribution in [0.1, 0.15) is 40.0 Å². The van der Waals surface area contributed by atoms with Crippen LogP contribution in [0.15, 0.2) is 11.6 Å². The molecule has 1 spiro atoms. The van der Waals surface area contributed by atoms with E-state index < -0.39 is 6.10 Å². The van der Waals surface area contributed by atoms with Gasteiger partial charge >= 0.3 is 0 Å². The third-order valence-electron chi connectivity index (χ3n) is 5.26. The van der Waals surface area contributed by atoms with Crippen molar-refractivity contribution in [1.82, 2.24) is 0 Å². The Kier molecular flexibility index (Phi) is 3.49. The molecule has 20 heavy (non-hydrogen) atoms. The predicted molar refractivity (Wildman–Crippen MR) is 75.5 cm³/mol. The van der Waals surface area contributed by atoms with Crippen LogP contribution in [0.4, 0.5) is 0 Å². The molecule has 114 valence electrons. The second-order valence-electron chi connectivity index (χ2n) is 6.94. The molecule has 3 fully saturated rings. The molecule has 1 aliphatic carbocycles. The highest BCUT2D eigenvalue weighted by Crippen LogP contribution is 2.59. The lowest BCUT2D eigenvalue weighted by Crippen LogP contribution is -2.54. The average molecular weight is 282 g/mol. The summed E-state index contributed by atoms with van der Waals surface area (Å²) in [7, 11) is 1.68. The van der Waals surface area contributed by atoms with Crippen molar-refractivity contribution >= 4 is 0 Å². The first-order chi connectivity index (χ1) is 9.43. The Morgan fingerprint density at radius 2 is 2.15 bits per heavy atom. The van der Waals surface area contributed by atoms with Crippen LogP contribution in [0.2, 0.25) is 0 Å². The number of allylic oxidation sites excluding steroid dienone is 1. The molecule has 0 unspecified atom stereocenters. The van der Waals surface area contributed by atoms with Gasteiger partial charge in [-0.3, -0.25) is 0 Å². The van der Waals surface area contributed by atoms with E-state index >= 15 is 0 Å². The molecule has 0 aromatic rings. The smallest absolute Gasteiger partial charge is 0.101 e. The third-order valence-corrected chi connectivity index (χ3v) is 5.26. The number of ether oxygens (including phenoxy) is 3. The fourth-order valence-electron chi connectivity index (χ4n) is 3.96. The first-order valence-electron chi connectivity index (χ1n) is 7.59. The number of rotatable bonds is 4. The molecule has 4 heteroatoms. The molecule has 6 atom stereocenters. The summed E-state index contributed by atoms with van der Waals surface area (Å²) in [4.78, 5) is 0. The van der Waals surface area contributed by atoms with Crippen LogP contribution in [0.5, 0.6) is 0 Å². The molecule has 3 aliphatic rings. The van der Waals surface area contributed by atoms with E-state index in [2.05, 4.69) is 26.8 Å². The first-order valence-corrected chi connectivity index (χ1v) is 7.59. The average Bonchev–Trinajstić information content (AvgIpc) is 3.29. The summed E-state index contributed by atoms with van der Waals surface area (Å²) in [6, 6.07) is 0. The van der Waals surface area contributed by atoms with E-state index in [1.165, 1.54) is 5.57 Å². The summed E-state index contributed by atoms with van der Waals surface area (Å²) < 4.78 is 17.4. The molecule has 0 aromatic heterocycles. The monoisotopic (exact) mass is 282 g/mol. The van der Waals surface area contributed by atoms with Crippen molar-refractivity contribution in [3.8, 4) is 0 Å². The van der Waals surface area contributed by atoms with Gasteiger partial charge in [-0.15, -0.1) is 0 Å². The van der Waals surface area contributed by atoms with Gasteiger partial charge in [-0.05, 0) is 40.0 Å². The highest BCUT2D eigenvalue weighted by Gasteiger charge is 2.71. The second-order valence-corrected chi connectivity index (χ2v) is 6.94. The maximum Gasteiger partial charge on any atom is 0.101 e. The molecule has 1 saturated carbocycles. The van der Waals surface area contributed by atoms with E-state index in [1.807, 2.05) is 0 Å². The van der Waals surface area contributed by atoms with E-state index in [1.54, 1.807) is 7.11 Å². The molecule has 4 nitrogen and oxygen atoms in total. The zero-order chi connectivity index (χ0) is 14.5. The van der Waals surface area contributed by atoms with Crippen molar-refractivity contribution in [2.45, 2.75) is 69.5 Å². The summed E-state index contributed by atoms with van der Waals surface area (Å²) in [6.07, 6.45) is 4.43. The lowest BCUT2D eigenvalue weighted by Gasteiger charge is -2.41. The first kappa shape index (κ1) is 14.5. The van der Waals surface area contributed by atoms with E-state index in [0.29, 0.717) is 0 Å². The van der Waals surface area contributed by atoms with Crippen molar-refractivity contribution in [1.29, 1.82) is 0 Å². The van der Waals surface area contributed by atoms with Crippen molar-refractivity contribution in [3.05, 3.63) is 11.6 Å². The van der Waals surface area contributed by atoms with Crippen LogP contribution >= 0.6 is 0 Å². The molecule has 2 aliphatic heterocycles. The SMILES string of the molecule is CO[C@@H]1[C@@H]([C@@]2(C)O[C@@H]2CC=C(C)C)[C@@]2(CC[C@@H]1O)CO2. The normalized spacial score (nSPS) is 50.0. The molecule has 0 aromatic carbocycles. The van der Waals surface area contributed by atoms with Gasteiger partial charge < -0.3 is 19.3 Å². The van der Waals surface area contributed by atoms with Gasteiger partial charge in [0.15, 0.2) is 0 Å². The van der Waals surface area contributed by atoms with Gasteiger partial charge in [-0.1, -0.05) is 11.6 Å². The largest absolute Gasteiger partial charge is 0.390 e. The van der Waals surface area contributed by atoms with Gasteiger partial charge in [0.25, 0.3) is 0 Å². The van der Waals surface area contributed by atoms with Crippen LogP contribution in [-0.4, -0.2) is 48.3 Å². The van der Waals surface area contributed by atoms with Gasteiger partial charge in [-0.25, -0.2) is 0 Å². The van der Waals surface area contributed by atoms with Gasteiger partial charge in [0.05, 0.1) is 36.4 Å². The van der Waals surface area contributed by atoms with Crippen molar-refractivity contribution < 1.29 is 19.3 Å². The van der Waals surface area contributed by atoms with E-state index in [4.69, 9.17) is 14.2 Å². The van der Waals surface area contributed by atoms with Crippen LogP contribution in [0.3, 0.4) is 0 Å². The van der Waals surface area contributed by atoms with Gasteiger partial charge in [0.2, 0.25) is 0 Å². The number of aliphatic hydroxyl groups is 1. The van der Waals surface area contributed by atoms with Gasteiger partial charge in [0, 0.05) is 7.11 Å². The highest BCUT2D eigenvalue weighted by atomic mass is 16.6. The Labute approximate surface area is 121 Å².